The Kier molecular flexibility index (Phi) is 4.57. The van der Waals surface area contributed by atoms with Crippen LogP contribution in [0.2, 0.25) is 0 Å². The van der Waals surface area contributed by atoms with Gasteiger partial charge in [0.15, 0.2) is 0 Å². The Labute approximate surface area is 114 Å². The molecule has 0 aliphatic carbocycles. The van der Waals surface area contributed by atoms with Crippen LogP contribution < -0.4 is 5.32 Å². The number of aryl methyl sites for hydroxylation is 1. The molecule has 0 saturated heterocycles. The molecule has 1 amide bonds. The Balaban J connectivity index is 1.75. The van der Waals surface area contributed by atoms with Gasteiger partial charge in [0.2, 0.25) is 5.91 Å². The molecule has 1 aromatic carbocycles. The van der Waals surface area contributed by atoms with Crippen molar-refractivity contribution >= 4 is 23.5 Å². The minimum Gasteiger partial charge on any atom is -0.310 e. The summed E-state index contributed by atoms with van der Waals surface area (Å²) < 4.78 is 12.7. The quantitative estimate of drug-likeness (QED) is 0.884. The summed E-state index contributed by atoms with van der Waals surface area (Å²) >= 11 is 1.48. The summed E-state index contributed by atoms with van der Waals surface area (Å²) in [6, 6.07) is 6.28. The van der Waals surface area contributed by atoms with E-state index in [0.29, 0.717) is 17.3 Å². The van der Waals surface area contributed by atoms with Crippen LogP contribution in [0.3, 0.4) is 0 Å². The first-order valence-corrected chi connectivity index (χ1v) is 6.92. The summed E-state index contributed by atoms with van der Waals surface area (Å²) in [5, 5.41) is 9.29. The molecule has 0 saturated carbocycles. The fourth-order valence-electron chi connectivity index (χ4n) is 1.49. The lowest BCUT2D eigenvalue weighted by Gasteiger charge is -2.04. The highest BCUT2D eigenvalue weighted by Crippen LogP contribution is 2.14. The third kappa shape index (κ3) is 4.10. The average Bonchev–Trinajstić information content (AvgIpc) is 2.78. The first-order valence-electron chi connectivity index (χ1n) is 5.77. The number of nitrogens with one attached hydrogen (secondary N) is 2. The SMILES string of the molecule is Cc1cn[nH]c1NC(=O)CSCc1ccc(F)cc1. The van der Waals surface area contributed by atoms with E-state index in [2.05, 4.69) is 15.5 Å². The molecule has 1 aromatic heterocycles. The van der Waals surface area contributed by atoms with Crippen LogP contribution in [0, 0.1) is 12.7 Å². The molecule has 1 heterocycles. The summed E-state index contributed by atoms with van der Waals surface area (Å²) in [5.74, 6) is 1.32. The lowest BCUT2D eigenvalue weighted by molar-refractivity contribution is -0.113. The van der Waals surface area contributed by atoms with Crippen molar-refractivity contribution in [1.82, 2.24) is 10.2 Å². The van der Waals surface area contributed by atoms with E-state index >= 15 is 0 Å². The van der Waals surface area contributed by atoms with Crippen molar-refractivity contribution in [2.24, 2.45) is 0 Å². The molecule has 100 valence electrons. The van der Waals surface area contributed by atoms with E-state index in [0.717, 1.165) is 11.1 Å². The van der Waals surface area contributed by atoms with Crippen molar-refractivity contribution in [3.8, 4) is 0 Å². The summed E-state index contributed by atoms with van der Waals surface area (Å²) in [5.41, 5.74) is 1.90. The number of rotatable bonds is 5. The van der Waals surface area contributed by atoms with E-state index in [1.54, 1.807) is 18.3 Å². The minimum atomic E-state index is -0.249. The molecule has 2 aromatic rings. The Hall–Kier alpha value is -1.82. The molecular formula is C13H14FN3OS. The molecule has 0 aliphatic heterocycles. The van der Waals surface area contributed by atoms with Gasteiger partial charge in [0.05, 0.1) is 11.9 Å². The van der Waals surface area contributed by atoms with Crippen molar-refractivity contribution in [2.45, 2.75) is 12.7 Å². The lowest BCUT2D eigenvalue weighted by atomic mass is 10.2. The zero-order valence-corrected chi connectivity index (χ0v) is 11.3. The summed E-state index contributed by atoms with van der Waals surface area (Å²) in [6.07, 6.45) is 1.65. The molecule has 19 heavy (non-hydrogen) atoms. The number of thioether (sulfide) groups is 1. The average molecular weight is 279 g/mol. The van der Waals surface area contributed by atoms with Crippen molar-refractivity contribution in [3.63, 3.8) is 0 Å². The normalized spacial score (nSPS) is 10.4. The molecule has 2 N–H and O–H groups in total. The van der Waals surface area contributed by atoms with Crippen molar-refractivity contribution in [2.75, 3.05) is 11.1 Å². The number of nitrogens with zero attached hydrogens (tertiary/aromatic N) is 1. The van der Waals surface area contributed by atoms with Gasteiger partial charge in [0.25, 0.3) is 0 Å². The molecule has 0 radical (unpaired) electrons. The van der Waals surface area contributed by atoms with Gasteiger partial charge in [-0.2, -0.15) is 5.10 Å². The number of halogens is 1. The number of H-pyrrole nitrogens is 1. The van der Waals surface area contributed by atoms with Crippen LogP contribution in [0.4, 0.5) is 10.2 Å². The highest BCUT2D eigenvalue weighted by molar-refractivity contribution is 7.99. The van der Waals surface area contributed by atoms with Gasteiger partial charge in [-0.3, -0.25) is 9.89 Å². The number of hydrogen-bond donors (Lipinski definition) is 2. The highest BCUT2D eigenvalue weighted by atomic mass is 32.2. The van der Waals surface area contributed by atoms with E-state index < -0.39 is 0 Å². The minimum absolute atomic E-state index is 0.0838. The maximum absolute atomic E-state index is 12.7. The fourth-order valence-corrected chi connectivity index (χ4v) is 2.28. The Morgan fingerprint density at radius 3 is 2.79 bits per heavy atom. The molecule has 4 nitrogen and oxygen atoms in total. The van der Waals surface area contributed by atoms with Crippen molar-refractivity contribution in [3.05, 3.63) is 47.4 Å². The molecule has 0 bridgehead atoms. The number of carbonyl (C=O) groups excluding carboxylic acids is 1. The van der Waals surface area contributed by atoms with Crippen LogP contribution in [-0.4, -0.2) is 21.9 Å². The van der Waals surface area contributed by atoms with E-state index in [4.69, 9.17) is 0 Å². The van der Waals surface area contributed by atoms with E-state index in [9.17, 15) is 9.18 Å². The van der Waals surface area contributed by atoms with Crippen molar-refractivity contribution < 1.29 is 9.18 Å². The van der Waals surface area contributed by atoms with Crippen LogP contribution in [0.25, 0.3) is 0 Å². The van der Waals surface area contributed by atoms with Gasteiger partial charge in [-0.25, -0.2) is 4.39 Å². The highest BCUT2D eigenvalue weighted by Gasteiger charge is 2.06. The Morgan fingerprint density at radius 2 is 2.16 bits per heavy atom. The number of benzene rings is 1. The van der Waals surface area contributed by atoms with Gasteiger partial charge >= 0.3 is 0 Å². The summed E-state index contributed by atoms with van der Waals surface area (Å²) in [4.78, 5) is 11.7. The maximum atomic E-state index is 12.7. The molecule has 6 heteroatoms. The second-order valence-electron chi connectivity index (χ2n) is 4.10. The second kappa shape index (κ2) is 6.38. The first kappa shape index (κ1) is 13.6. The Bertz CT molecular complexity index is 553. The third-order valence-electron chi connectivity index (χ3n) is 2.51. The molecule has 0 aliphatic rings. The smallest absolute Gasteiger partial charge is 0.235 e. The number of carbonyl (C=O) groups is 1. The van der Waals surface area contributed by atoms with Crippen molar-refractivity contribution in [1.29, 1.82) is 0 Å². The van der Waals surface area contributed by atoms with Crippen LogP contribution in [0.1, 0.15) is 11.1 Å². The molecule has 0 atom stereocenters. The number of anilines is 1. The molecule has 0 fully saturated rings. The van der Waals surface area contributed by atoms with Gasteiger partial charge in [-0.1, -0.05) is 12.1 Å². The third-order valence-corrected chi connectivity index (χ3v) is 3.51. The lowest BCUT2D eigenvalue weighted by Crippen LogP contribution is -2.15. The monoisotopic (exact) mass is 279 g/mol. The topological polar surface area (TPSA) is 57.8 Å². The molecule has 0 unspecified atom stereocenters. The summed E-state index contributed by atoms with van der Waals surface area (Å²) in [7, 11) is 0. The Morgan fingerprint density at radius 1 is 1.42 bits per heavy atom. The summed E-state index contributed by atoms with van der Waals surface area (Å²) in [6.45, 7) is 1.87. The largest absolute Gasteiger partial charge is 0.310 e. The van der Waals surface area contributed by atoms with Crippen LogP contribution >= 0.6 is 11.8 Å². The van der Waals surface area contributed by atoms with Gasteiger partial charge in [0.1, 0.15) is 11.6 Å². The van der Waals surface area contributed by atoms with Crippen LogP contribution in [0.5, 0.6) is 0 Å². The number of aromatic nitrogens is 2. The van der Waals surface area contributed by atoms with Gasteiger partial charge in [-0.05, 0) is 24.6 Å². The van der Waals surface area contributed by atoms with Crippen LogP contribution in [0.15, 0.2) is 30.5 Å². The first-order chi connectivity index (χ1) is 9.15. The standard InChI is InChI=1S/C13H14FN3OS/c1-9-6-15-17-13(9)16-12(18)8-19-7-10-2-4-11(14)5-3-10/h2-6H,7-8H2,1H3,(H2,15,16,17,18). The second-order valence-corrected chi connectivity index (χ2v) is 5.08. The predicted octanol–water partition coefficient (Wildman–Crippen LogP) is 2.73. The van der Waals surface area contributed by atoms with Crippen LogP contribution in [-0.2, 0) is 10.5 Å². The maximum Gasteiger partial charge on any atom is 0.235 e. The van der Waals surface area contributed by atoms with E-state index in [-0.39, 0.29) is 11.7 Å². The van der Waals surface area contributed by atoms with E-state index in [1.807, 2.05) is 6.92 Å². The van der Waals surface area contributed by atoms with Gasteiger partial charge in [0, 0.05) is 11.3 Å². The zero-order chi connectivity index (χ0) is 13.7. The molecule has 2 rings (SSSR count). The van der Waals surface area contributed by atoms with Gasteiger partial charge in [-0.15, -0.1) is 11.8 Å². The number of amides is 1. The molecular weight excluding hydrogens is 265 g/mol. The number of hydrogen-bond acceptors (Lipinski definition) is 3. The zero-order valence-electron chi connectivity index (χ0n) is 10.4. The predicted molar refractivity (Wildman–Crippen MR) is 74.5 cm³/mol. The number of aromatic amines is 1. The van der Waals surface area contributed by atoms with E-state index in [1.165, 1.54) is 23.9 Å². The van der Waals surface area contributed by atoms with Gasteiger partial charge < -0.3 is 5.32 Å². The fraction of sp³-hybridized carbons (Fsp3) is 0.231. The molecule has 0 spiro atoms.